The first-order valence-corrected chi connectivity index (χ1v) is 13.2. The first-order chi connectivity index (χ1) is 19.7. The van der Waals surface area contributed by atoms with Crippen LogP contribution in [-0.2, 0) is 12.6 Å². The number of hydrogen-bond donors (Lipinski definition) is 1. The topological polar surface area (TPSA) is 126 Å². The lowest BCUT2D eigenvalue weighted by Crippen LogP contribution is -2.41. The van der Waals surface area contributed by atoms with Crippen LogP contribution >= 0.6 is 0 Å². The van der Waals surface area contributed by atoms with Crippen molar-refractivity contribution >= 4 is 23.0 Å². The molecule has 0 amide bonds. The van der Waals surface area contributed by atoms with Gasteiger partial charge in [0.25, 0.3) is 0 Å². The standard InChI is InChI=1S/C29H25F3N8O/c30-29(31,32)20-9-10-35-21(13-20)14-23(41)17-1-3-18(4-2-17)25-26-27(34)36-11-12-39(26)28(38-25)19-5-6-22-7-8-24(37-16-33)40(22)15-19/h1-4,9-13,19,22H,5-8,14-15H2,(H2,34,36)/t19-,22+/m1/s1. The number of ketones is 1. The SMILES string of the molecule is N#CN=C1CC[C@@H]2CC[C@@H](c3nc(-c4ccc(C(=O)Cc5cc(C(F)(F)F)ccn5)cc4)c4c(N)nccn34)CN12. The molecule has 0 spiro atoms. The lowest BCUT2D eigenvalue weighted by atomic mass is 9.92. The van der Waals surface area contributed by atoms with Crippen LogP contribution in [0, 0.1) is 11.5 Å². The van der Waals surface area contributed by atoms with Crippen molar-refractivity contribution in [1.29, 1.82) is 5.26 Å². The number of imidazole rings is 1. The number of anilines is 1. The van der Waals surface area contributed by atoms with Crippen molar-refractivity contribution in [2.75, 3.05) is 12.3 Å². The maximum atomic E-state index is 13.0. The van der Waals surface area contributed by atoms with E-state index in [2.05, 4.69) is 19.9 Å². The molecule has 208 valence electrons. The van der Waals surface area contributed by atoms with Crippen LogP contribution in [0.3, 0.4) is 0 Å². The molecule has 5 heterocycles. The number of hydrogen-bond acceptors (Lipinski definition) is 7. The third-order valence-electron chi connectivity index (χ3n) is 7.86. The second-order valence-corrected chi connectivity index (χ2v) is 10.3. The monoisotopic (exact) mass is 558 g/mol. The first kappa shape index (κ1) is 26.4. The molecule has 6 rings (SSSR count). The van der Waals surface area contributed by atoms with Gasteiger partial charge in [0.2, 0.25) is 6.19 Å². The molecule has 1 aromatic carbocycles. The predicted molar refractivity (Wildman–Crippen MR) is 145 cm³/mol. The number of aromatic nitrogens is 4. The molecule has 41 heavy (non-hydrogen) atoms. The predicted octanol–water partition coefficient (Wildman–Crippen LogP) is 5.04. The number of nitrogens with zero attached hydrogens (tertiary/aromatic N) is 7. The van der Waals surface area contributed by atoms with Crippen molar-refractivity contribution in [3.05, 3.63) is 77.6 Å². The number of nitrogen functional groups attached to an aromatic ring is 1. The molecule has 9 nitrogen and oxygen atoms in total. The lowest BCUT2D eigenvalue weighted by molar-refractivity contribution is -0.137. The van der Waals surface area contributed by atoms with E-state index in [9.17, 15) is 18.0 Å². The molecule has 2 fully saturated rings. The van der Waals surface area contributed by atoms with E-state index in [0.717, 1.165) is 61.2 Å². The summed E-state index contributed by atoms with van der Waals surface area (Å²) in [7, 11) is 0. The second kappa shape index (κ2) is 10.3. The molecule has 0 aliphatic carbocycles. The Hall–Kier alpha value is -4.79. The van der Waals surface area contributed by atoms with Crippen molar-refractivity contribution in [1.82, 2.24) is 24.3 Å². The highest BCUT2D eigenvalue weighted by atomic mass is 19.4. The molecule has 0 bridgehead atoms. The van der Waals surface area contributed by atoms with E-state index in [-0.39, 0.29) is 23.8 Å². The van der Waals surface area contributed by atoms with Gasteiger partial charge in [-0.3, -0.25) is 14.2 Å². The van der Waals surface area contributed by atoms with E-state index in [0.29, 0.717) is 35.2 Å². The van der Waals surface area contributed by atoms with Gasteiger partial charge >= 0.3 is 6.18 Å². The number of rotatable bonds is 5. The minimum Gasteiger partial charge on any atom is -0.382 e. The van der Waals surface area contributed by atoms with E-state index < -0.39 is 11.7 Å². The number of nitrogens with two attached hydrogens (primary N) is 1. The van der Waals surface area contributed by atoms with Gasteiger partial charge in [-0.05, 0) is 31.4 Å². The molecule has 2 aliphatic heterocycles. The van der Waals surface area contributed by atoms with Crippen molar-refractivity contribution in [3.8, 4) is 17.5 Å². The highest BCUT2D eigenvalue weighted by Crippen LogP contribution is 2.38. The molecule has 2 atom stereocenters. The van der Waals surface area contributed by atoms with Gasteiger partial charge in [0, 0.05) is 60.3 Å². The van der Waals surface area contributed by atoms with Crippen LogP contribution in [0.1, 0.15) is 59.0 Å². The number of pyridine rings is 1. The number of halogens is 3. The Bertz CT molecular complexity index is 1700. The number of Topliss-reactive ketones (excluding diaryl/α,β-unsaturated/α-hetero) is 1. The fraction of sp³-hybridized carbons (Fsp3) is 0.310. The van der Waals surface area contributed by atoms with Crippen molar-refractivity contribution in [2.24, 2.45) is 4.99 Å². The maximum Gasteiger partial charge on any atom is 0.416 e. The third-order valence-corrected chi connectivity index (χ3v) is 7.86. The smallest absolute Gasteiger partial charge is 0.382 e. The molecule has 2 aliphatic rings. The van der Waals surface area contributed by atoms with E-state index in [1.807, 2.05) is 16.8 Å². The maximum absolute atomic E-state index is 13.0. The van der Waals surface area contributed by atoms with Crippen LogP contribution in [0.25, 0.3) is 16.8 Å². The van der Waals surface area contributed by atoms with Crippen LogP contribution in [0.5, 0.6) is 0 Å². The minimum atomic E-state index is -4.51. The summed E-state index contributed by atoms with van der Waals surface area (Å²) in [5.74, 6) is 1.71. The molecule has 2 saturated heterocycles. The summed E-state index contributed by atoms with van der Waals surface area (Å²) in [4.78, 5) is 32.3. The van der Waals surface area contributed by atoms with Gasteiger partial charge in [0.15, 0.2) is 5.78 Å². The Kier molecular flexibility index (Phi) is 6.65. The Balaban J connectivity index is 1.28. The van der Waals surface area contributed by atoms with E-state index in [1.54, 1.807) is 30.5 Å². The normalized spacial score (nSPS) is 19.9. The lowest BCUT2D eigenvalue weighted by Gasteiger charge is -2.35. The number of alkyl halides is 3. The number of carbonyl (C=O) groups excluding carboxylic acids is 1. The molecule has 4 aromatic rings. The average Bonchev–Trinajstić information content (AvgIpc) is 3.55. The highest BCUT2D eigenvalue weighted by molar-refractivity contribution is 5.98. The number of carbonyl (C=O) groups is 1. The largest absolute Gasteiger partial charge is 0.416 e. The van der Waals surface area contributed by atoms with Gasteiger partial charge in [-0.25, -0.2) is 9.97 Å². The van der Waals surface area contributed by atoms with Crippen LogP contribution in [-0.4, -0.2) is 48.5 Å². The summed E-state index contributed by atoms with van der Waals surface area (Å²) in [5.41, 5.74) is 7.87. The van der Waals surface area contributed by atoms with Gasteiger partial charge in [-0.15, -0.1) is 0 Å². The third kappa shape index (κ3) is 4.99. The van der Waals surface area contributed by atoms with E-state index in [4.69, 9.17) is 16.0 Å². The van der Waals surface area contributed by atoms with Gasteiger partial charge < -0.3 is 10.6 Å². The zero-order chi connectivity index (χ0) is 28.7. The number of piperidine rings is 1. The number of fused-ring (bicyclic) bond motifs is 2. The molecule has 2 N–H and O–H groups in total. The fourth-order valence-electron chi connectivity index (χ4n) is 5.88. The summed E-state index contributed by atoms with van der Waals surface area (Å²) in [6.07, 6.45) is 5.36. The van der Waals surface area contributed by atoms with E-state index >= 15 is 0 Å². The quantitative estimate of drug-likeness (QED) is 0.269. The van der Waals surface area contributed by atoms with Gasteiger partial charge in [0.1, 0.15) is 28.7 Å². The van der Waals surface area contributed by atoms with E-state index in [1.165, 1.54) is 0 Å². The molecule has 0 saturated carbocycles. The van der Waals surface area contributed by atoms with Crippen molar-refractivity contribution in [3.63, 3.8) is 0 Å². The number of nitriles is 1. The summed E-state index contributed by atoms with van der Waals surface area (Å²) in [6, 6.07) is 8.91. The van der Waals surface area contributed by atoms with Crippen LogP contribution in [0.4, 0.5) is 19.0 Å². The summed E-state index contributed by atoms with van der Waals surface area (Å²) in [6.45, 7) is 0.697. The van der Waals surface area contributed by atoms with Gasteiger partial charge in [-0.1, -0.05) is 24.3 Å². The average molecular weight is 559 g/mol. The van der Waals surface area contributed by atoms with Crippen LogP contribution < -0.4 is 5.73 Å². The highest BCUT2D eigenvalue weighted by Gasteiger charge is 2.37. The van der Waals surface area contributed by atoms with Crippen LogP contribution in [0.2, 0.25) is 0 Å². The molecular weight excluding hydrogens is 533 g/mol. The summed E-state index contributed by atoms with van der Waals surface area (Å²) in [5, 5.41) is 9.10. The minimum absolute atomic E-state index is 0.0492. The molecule has 12 heteroatoms. The van der Waals surface area contributed by atoms with Gasteiger partial charge in [-0.2, -0.15) is 23.4 Å². The Morgan fingerprint density at radius 1 is 1.12 bits per heavy atom. The Morgan fingerprint density at radius 3 is 2.68 bits per heavy atom. The number of benzene rings is 1. The molecule has 0 unspecified atom stereocenters. The number of aliphatic imine (C=N–C) groups is 1. The van der Waals surface area contributed by atoms with Crippen LogP contribution in [0.15, 0.2) is 60.0 Å². The zero-order valence-corrected chi connectivity index (χ0v) is 21.8. The second-order valence-electron chi connectivity index (χ2n) is 10.3. The fourth-order valence-corrected chi connectivity index (χ4v) is 5.88. The van der Waals surface area contributed by atoms with Crippen molar-refractivity contribution in [2.45, 2.75) is 50.2 Å². The zero-order valence-electron chi connectivity index (χ0n) is 21.8. The molecule has 3 aromatic heterocycles. The Labute approximate surface area is 233 Å². The summed E-state index contributed by atoms with van der Waals surface area (Å²) < 4.78 is 41.1. The number of amidine groups is 1. The van der Waals surface area contributed by atoms with Gasteiger partial charge in [0.05, 0.1) is 12.0 Å². The summed E-state index contributed by atoms with van der Waals surface area (Å²) >= 11 is 0. The Morgan fingerprint density at radius 2 is 1.93 bits per heavy atom. The van der Waals surface area contributed by atoms with Crippen molar-refractivity contribution < 1.29 is 18.0 Å². The molecular formula is C29H25F3N8O. The first-order valence-electron chi connectivity index (χ1n) is 13.2. The molecule has 0 radical (unpaired) electrons.